The largest absolute Gasteiger partial charge is 0.316 e. The normalized spacial score (nSPS) is 14.1. The fourth-order valence-electron chi connectivity index (χ4n) is 2.33. The molecule has 0 spiro atoms. The topological polar surface area (TPSA) is 12.0 Å². The minimum atomic E-state index is 0.756. The SMILES string of the molecule is ClCCCNCCc1ccc2c(c1)CCC2. The van der Waals surface area contributed by atoms with E-state index >= 15 is 0 Å². The third-order valence-corrected chi connectivity index (χ3v) is 3.51. The van der Waals surface area contributed by atoms with Gasteiger partial charge in [0, 0.05) is 5.88 Å². The van der Waals surface area contributed by atoms with Crippen LogP contribution in [0.2, 0.25) is 0 Å². The predicted octanol–water partition coefficient (Wildman–Crippen LogP) is 2.94. The first-order chi connectivity index (χ1) is 7.90. The minimum Gasteiger partial charge on any atom is -0.316 e. The summed E-state index contributed by atoms with van der Waals surface area (Å²) in [5, 5.41) is 3.42. The van der Waals surface area contributed by atoms with Crippen molar-refractivity contribution < 1.29 is 0 Å². The van der Waals surface area contributed by atoms with E-state index in [0.717, 1.165) is 31.8 Å². The van der Waals surface area contributed by atoms with Crippen LogP contribution in [0.1, 0.15) is 29.5 Å². The average Bonchev–Trinajstić information content (AvgIpc) is 2.76. The van der Waals surface area contributed by atoms with Crippen LogP contribution in [0.3, 0.4) is 0 Å². The highest BCUT2D eigenvalue weighted by Gasteiger charge is 2.10. The molecule has 0 saturated carbocycles. The molecule has 1 aliphatic carbocycles. The third kappa shape index (κ3) is 3.23. The molecule has 0 amide bonds. The molecular formula is C14H20ClN. The fourth-order valence-corrected chi connectivity index (χ4v) is 2.46. The monoisotopic (exact) mass is 237 g/mol. The maximum atomic E-state index is 5.62. The molecule has 1 N–H and O–H groups in total. The van der Waals surface area contributed by atoms with Gasteiger partial charge < -0.3 is 5.32 Å². The van der Waals surface area contributed by atoms with E-state index < -0.39 is 0 Å². The molecule has 0 bridgehead atoms. The van der Waals surface area contributed by atoms with E-state index in [0.29, 0.717) is 0 Å². The Labute approximate surface area is 103 Å². The first-order valence-electron chi connectivity index (χ1n) is 6.27. The molecule has 1 aliphatic rings. The molecule has 2 heteroatoms. The molecule has 1 nitrogen and oxygen atoms in total. The number of alkyl halides is 1. The van der Waals surface area contributed by atoms with Gasteiger partial charge in [0.15, 0.2) is 0 Å². The van der Waals surface area contributed by atoms with Gasteiger partial charge in [-0.3, -0.25) is 0 Å². The highest BCUT2D eigenvalue weighted by molar-refractivity contribution is 6.17. The van der Waals surface area contributed by atoms with Gasteiger partial charge in [-0.05, 0) is 61.9 Å². The Kier molecular flexibility index (Phi) is 4.68. The average molecular weight is 238 g/mol. The summed E-state index contributed by atoms with van der Waals surface area (Å²) in [6.45, 7) is 2.10. The van der Waals surface area contributed by atoms with Gasteiger partial charge >= 0.3 is 0 Å². The molecule has 0 unspecified atom stereocenters. The third-order valence-electron chi connectivity index (χ3n) is 3.24. The van der Waals surface area contributed by atoms with Crippen molar-refractivity contribution in [3.8, 4) is 0 Å². The lowest BCUT2D eigenvalue weighted by molar-refractivity contribution is 0.673. The van der Waals surface area contributed by atoms with Gasteiger partial charge in [0.1, 0.15) is 0 Å². The quantitative estimate of drug-likeness (QED) is 0.593. The second-order valence-electron chi connectivity index (χ2n) is 4.50. The predicted molar refractivity (Wildman–Crippen MR) is 70.4 cm³/mol. The van der Waals surface area contributed by atoms with E-state index in [1.807, 2.05) is 0 Å². The molecule has 0 radical (unpaired) electrons. The van der Waals surface area contributed by atoms with Gasteiger partial charge in [0.2, 0.25) is 0 Å². The lowest BCUT2D eigenvalue weighted by Gasteiger charge is -2.06. The second-order valence-corrected chi connectivity index (χ2v) is 4.88. The molecule has 0 heterocycles. The number of benzene rings is 1. The molecule has 0 saturated heterocycles. The van der Waals surface area contributed by atoms with Crippen LogP contribution in [0.5, 0.6) is 0 Å². The van der Waals surface area contributed by atoms with Crippen LogP contribution in [0, 0.1) is 0 Å². The zero-order valence-corrected chi connectivity index (χ0v) is 10.5. The van der Waals surface area contributed by atoms with Gasteiger partial charge in [0.05, 0.1) is 0 Å². The van der Waals surface area contributed by atoms with E-state index in [2.05, 4.69) is 23.5 Å². The van der Waals surface area contributed by atoms with Gasteiger partial charge in [-0.2, -0.15) is 0 Å². The number of hydrogen-bond acceptors (Lipinski definition) is 1. The van der Waals surface area contributed by atoms with E-state index in [-0.39, 0.29) is 0 Å². The summed E-state index contributed by atoms with van der Waals surface area (Å²) in [5.41, 5.74) is 4.62. The van der Waals surface area contributed by atoms with Crippen molar-refractivity contribution in [1.82, 2.24) is 5.32 Å². The molecule has 0 atom stereocenters. The Balaban J connectivity index is 1.77. The summed E-state index contributed by atoms with van der Waals surface area (Å²) >= 11 is 5.62. The van der Waals surface area contributed by atoms with Crippen molar-refractivity contribution in [3.63, 3.8) is 0 Å². The van der Waals surface area contributed by atoms with Gasteiger partial charge in [-0.25, -0.2) is 0 Å². The Morgan fingerprint density at radius 2 is 2.00 bits per heavy atom. The smallest absolute Gasteiger partial charge is 0.0235 e. The maximum absolute atomic E-state index is 5.62. The van der Waals surface area contributed by atoms with E-state index in [1.54, 1.807) is 11.1 Å². The molecule has 88 valence electrons. The lowest BCUT2D eigenvalue weighted by atomic mass is 10.0. The van der Waals surface area contributed by atoms with Crippen LogP contribution >= 0.6 is 11.6 Å². The summed E-state index contributed by atoms with van der Waals surface area (Å²) in [4.78, 5) is 0. The van der Waals surface area contributed by atoms with Crippen LogP contribution in [-0.2, 0) is 19.3 Å². The van der Waals surface area contributed by atoms with Crippen molar-refractivity contribution in [2.45, 2.75) is 32.1 Å². The summed E-state index contributed by atoms with van der Waals surface area (Å²) < 4.78 is 0. The second kappa shape index (κ2) is 6.27. The fraction of sp³-hybridized carbons (Fsp3) is 0.571. The van der Waals surface area contributed by atoms with Gasteiger partial charge in [0.25, 0.3) is 0 Å². The Morgan fingerprint density at radius 3 is 2.88 bits per heavy atom. The number of aryl methyl sites for hydroxylation is 2. The van der Waals surface area contributed by atoms with Crippen molar-refractivity contribution in [2.24, 2.45) is 0 Å². The highest BCUT2D eigenvalue weighted by Crippen LogP contribution is 2.22. The molecule has 2 rings (SSSR count). The highest BCUT2D eigenvalue weighted by atomic mass is 35.5. The van der Waals surface area contributed by atoms with E-state index in [9.17, 15) is 0 Å². The van der Waals surface area contributed by atoms with Crippen molar-refractivity contribution in [3.05, 3.63) is 34.9 Å². The Bertz CT molecular complexity index is 336. The van der Waals surface area contributed by atoms with Crippen LogP contribution < -0.4 is 5.32 Å². The molecule has 0 aromatic heterocycles. The zero-order valence-electron chi connectivity index (χ0n) is 9.77. The summed E-state index contributed by atoms with van der Waals surface area (Å²) in [6.07, 6.45) is 6.10. The van der Waals surface area contributed by atoms with Crippen LogP contribution in [0.4, 0.5) is 0 Å². The van der Waals surface area contributed by atoms with Crippen LogP contribution in [0.25, 0.3) is 0 Å². The Morgan fingerprint density at radius 1 is 1.12 bits per heavy atom. The van der Waals surface area contributed by atoms with E-state index in [1.165, 1.54) is 24.8 Å². The van der Waals surface area contributed by atoms with Crippen molar-refractivity contribution in [1.29, 1.82) is 0 Å². The summed E-state index contributed by atoms with van der Waals surface area (Å²) in [6, 6.07) is 7.00. The van der Waals surface area contributed by atoms with Crippen molar-refractivity contribution >= 4 is 11.6 Å². The first-order valence-corrected chi connectivity index (χ1v) is 6.81. The minimum absolute atomic E-state index is 0.756. The van der Waals surface area contributed by atoms with Gasteiger partial charge in [-0.15, -0.1) is 11.6 Å². The number of fused-ring (bicyclic) bond motifs is 1. The Hall–Kier alpha value is -0.530. The first kappa shape index (κ1) is 11.9. The van der Waals surface area contributed by atoms with Crippen LogP contribution in [0.15, 0.2) is 18.2 Å². The van der Waals surface area contributed by atoms with E-state index in [4.69, 9.17) is 11.6 Å². The molecule has 0 fully saturated rings. The number of hydrogen-bond donors (Lipinski definition) is 1. The molecule has 1 aromatic carbocycles. The number of rotatable bonds is 6. The lowest BCUT2D eigenvalue weighted by Crippen LogP contribution is -2.18. The molecule has 16 heavy (non-hydrogen) atoms. The van der Waals surface area contributed by atoms with Crippen molar-refractivity contribution in [2.75, 3.05) is 19.0 Å². The standard InChI is InChI=1S/C14H20ClN/c15-8-2-9-16-10-7-12-5-6-13-3-1-4-14(13)11-12/h5-6,11,16H,1-4,7-10H2. The van der Waals surface area contributed by atoms with Crippen LogP contribution in [-0.4, -0.2) is 19.0 Å². The summed E-state index contributed by atoms with van der Waals surface area (Å²) in [5.74, 6) is 0.756. The summed E-state index contributed by atoms with van der Waals surface area (Å²) in [7, 11) is 0. The number of nitrogens with one attached hydrogen (secondary N) is 1. The molecular weight excluding hydrogens is 218 g/mol. The molecule has 1 aromatic rings. The molecule has 0 aliphatic heterocycles. The maximum Gasteiger partial charge on any atom is 0.0235 e. The zero-order chi connectivity index (χ0) is 11.2. The van der Waals surface area contributed by atoms with Gasteiger partial charge in [-0.1, -0.05) is 18.2 Å². The number of halogens is 1.